The van der Waals surface area contributed by atoms with E-state index in [-0.39, 0.29) is 19.1 Å². The van der Waals surface area contributed by atoms with E-state index in [4.69, 9.17) is 15.2 Å². The lowest BCUT2D eigenvalue weighted by atomic mass is 9.84. The predicted molar refractivity (Wildman–Crippen MR) is 65.5 cm³/mol. The zero-order valence-corrected chi connectivity index (χ0v) is 11.0. The van der Waals surface area contributed by atoms with E-state index in [9.17, 15) is 14.7 Å². The second-order valence-corrected chi connectivity index (χ2v) is 5.53. The van der Waals surface area contributed by atoms with Crippen LogP contribution in [0, 0.1) is 5.41 Å². The fraction of sp³-hybridized carbons (Fsp3) is 0.833. The molecule has 0 saturated carbocycles. The molecule has 1 amide bonds. The molecule has 2 saturated heterocycles. The number of ether oxygens (including phenoxy) is 2. The van der Waals surface area contributed by atoms with Crippen molar-refractivity contribution in [2.45, 2.75) is 31.3 Å². The van der Waals surface area contributed by atoms with E-state index in [0.717, 1.165) is 0 Å². The number of amides is 1. The van der Waals surface area contributed by atoms with Crippen LogP contribution in [0.1, 0.15) is 19.8 Å². The lowest BCUT2D eigenvalue weighted by molar-refractivity contribution is -0.149. The predicted octanol–water partition coefficient (Wildman–Crippen LogP) is -0.900. The molecule has 0 aromatic rings. The Morgan fingerprint density at radius 3 is 2.53 bits per heavy atom. The van der Waals surface area contributed by atoms with Gasteiger partial charge in [0.15, 0.2) is 0 Å². The van der Waals surface area contributed by atoms with Crippen molar-refractivity contribution in [3.05, 3.63) is 0 Å². The first-order valence-corrected chi connectivity index (χ1v) is 6.37. The van der Waals surface area contributed by atoms with Crippen LogP contribution in [0.5, 0.6) is 0 Å². The number of nitrogens with one attached hydrogen (secondary N) is 1. The molecule has 2 heterocycles. The molecule has 2 unspecified atom stereocenters. The Bertz CT molecular complexity index is 380. The van der Waals surface area contributed by atoms with E-state index in [1.165, 1.54) is 0 Å². The number of rotatable bonds is 3. The second kappa shape index (κ2) is 5.07. The van der Waals surface area contributed by atoms with Crippen LogP contribution in [-0.4, -0.2) is 55.0 Å². The lowest BCUT2D eigenvalue weighted by Gasteiger charge is -2.34. The Hall–Kier alpha value is -1.18. The van der Waals surface area contributed by atoms with Gasteiger partial charge in [-0.1, -0.05) is 0 Å². The van der Waals surface area contributed by atoms with Gasteiger partial charge in [0.1, 0.15) is 5.41 Å². The number of hydrogen-bond acceptors (Lipinski definition) is 5. The first kappa shape index (κ1) is 14.2. The van der Waals surface area contributed by atoms with Crippen LogP contribution in [0.15, 0.2) is 0 Å². The van der Waals surface area contributed by atoms with Gasteiger partial charge in [-0.3, -0.25) is 9.59 Å². The van der Waals surface area contributed by atoms with Gasteiger partial charge in [-0.25, -0.2) is 0 Å². The number of nitrogens with two attached hydrogens (primary N) is 1. The van der Waals surface area contributed by atoms with Crippen molar-refractivity contribution in [1.82, 2.24) is 5.32 Å². The van der Waals surface area contributed by atoms with Gasteiger partial charge in [-0.15, -0.1) is 0 Å². The third kappa shape index (κ3) is 2.58. The Morgan fingerprint density at radius 1 is 1.32 bits per heavy atom. The molecule has 19 heavy (non-hydrogen) atoms. The summed E-state index contributed by atoms with van der Waals surface area (Å²) in [6, 6.07) is -0.555. The molecule has 0 aromatic carbocycles. The van der Waals surface area contributed by atoms with Crippen LogP contribution in [0.25, 0.3) is 0 Å². The van der Waals surface area contributed by atoms with Crippen molar-refractivity contribution in [3.63, 3.8) is 0 Å². The van der Waals surface area contributed by atoms with Crippen molar-refractivity contribution in [2.24, 2.45) is 11.1 Å². The average molecular weight is 272 g/mol. The van der Waals surface area contributed by atoms with E-state index in [2.05, 4.69) is 5.32 Å². The van der Waals surface area contributed by atoms with E-state index >= 15 is 0 Å². The quantitative estimate of drug-likeness (QED) is 0.614. The Kier molecular flexibility index (Phi) is 3.80. The smallest absolute Gasteiger partial charge is 0.313 e. The minimum Gasteiger partial charge on any atom is -0.481 e. The number of carbonyl (C=O) groups excluding carboxylic acids is 1. The van der Waals surface area contributed by atoms with Crippen molar-refractivity contribution < 1.29 is 24.2 Å². The summed E-state index contributed by atoms with van der Waals surface area (Å²) in [6.45, 7) is 2.75. The first-order chi connectivity index (χ1) is 8.88. The maximum atomic E-state index is 12.2. The topological polar surface area (TPSA) is 111 Å². The van der Waals surface area contributed by atoms with Crippen molar-refractivity contribution in [2.75, 3.05) is 26.4 Å². The van der Waals surface area contributed by atoms with Gasteiger partial charge in [0.2, 0.25) is 5.91 Å². The summed E-state index contributed by atoms with van der Waals surface area (Å²) >= 11 is 0. The highest BCUT2D eigenvalue weighted by Gasteiger charge is 2.49. The molecule has 108 valence electrons. The third-order valence-corrected chi connectivity index (χ3v) is 4.09. The molecule has 2 fully saturated rings. The fourth-order valence-corrected chi connectivity index (χ4v) is 2.35. The second-order valence-electron chi connectivity index (χ2n) is 5.53. The number of hydrogen-bond donors (Lipinski definition) is 3. The zero-order valence-electron chi connectivity index (χ0n) is 11.0. The number of carboxylic acid groups (broad SMARTS) is 1. The van der Waals surface area contributed by atoms with Gasteiger partial charge >= 0.3 is 5.97 Å². The normalized spacial score (nSPS) is 33.9. The van der Waals surface area contributed by atoms with E-state index in [1.807, 2.05) is 0 Å². The maximum absolute atomic E-state index is 12.2. The molecule has 2 aliphatic heterocycles. The number of aliphatic carboxylic acids is 1. The van der Waals surface area contributed by atoms with Gasteiger partial charge in [0.05, 0.1) is 24.8 Å². The average Bonchev–Trinajstić information content (AvgIpc) is 2.73. The van der Waals surface area contributed by atoms with E-state index in [1.54, 1.807) is 6.92 Å². The monoisotopic (exact) mass is 272 g/mol. The number of carboxylic acids is 1. The Balaban J connectivity index is 2.04. The van der Waals surface area contributed by atoms with Crippen LogP contribution in [0.3, 0.4) is 0 Å². The summed E-state index contributed by atoms with van der Waals surface area (Å²) in [5.74, 6) is -1.30. The fourth-order valence-electron chi connectivity index (χ4n) is 2.35. The molecule has 0 aliphatic carbocycles. The highest BCUT2D eigenvalue weighted by molar-refractivity contribution is 5.87. The molecular weight excluding hydrogens is 252 g/mol. The highest BCUT2D eigenvalue weighted by atomic mass is 16.5. The zero-order chi connectivity index (χ0) is 14.1. The molecule has 0 radical (unpaired) electrons. The Morgan fingerprint density at radius 2 is 1.95 bits per heavy atom. The third-order valence-electron chi connectivity index (χ3n) is 4.09. The summed E-state index contributed by atoms with van der Waals surface area (Å²) in [4.78, 5) is 23.5. The van der Waals surface area contributed by atoms with Crippen molar-refractivity contribution >= 4 is 11.9 Å². The van der Waals surface area contributed by atoms with Gasteiger partial charge in [0.25, 0.3) is 0 Å². The molecule has 0 spiro atoms. The minimum absolute atomic E-state index is 0.0912. The van der Waals surface area contributed by atoms with Crippen LogP contribution in [0.2, 0.25) is 0 Å². The van der Waals surface area contributed by atoms with Crippen LogP contribution < -0.4 is 11.1 Å². The summed E-state index contributed by atoms with van der Waals surface area (Å²) < 4.78 is 10.4. The minimum atomic E-state index is -1.10. The van der Waals surface area contributed by atoms with E-state index < -0.39 is 23.0 Å². The molecule has 2 rings (SSSR count). The van der Waals surface area contributed by atoms with Crippen molar-refractivity contribution in [3.8, 4) is 0 Å². The molecule has 7 heteroatoms. The molecule has 2 aliphatic rings. The summed E-state index contributed by atoms with van der Waals surface area (Å²) in [5.41, 5.74) is 3.99. The standard InChI is InChI=1S/C12H20N2O5/c1-11(10(16)17)7-19-6-8(11)14-9(15)12(13)2-4-18-5-3-12/h8H,2-7,13H2,1H3,(H,14,15)(H,16,17). The number of carbonyl (C=O) groups is 2. The Labute approximate surface area is 111 Å². The molecule has 0 bridgehead atoms. The summed E-state index contributed by atoms with van der Waals surface area (Å²) in [7, 11) is 0. The van der Waals surface area contributed by atoms with Gasteiger partial charge in [0, 0.05) is 13.2 Å². The van der Waals surface area contributed by atoms with Gasteiger partial charge in [-0.05, 0) is 19.8 Å². The SMILES string of the molecule is CC1(C(=O)O)COCC1NC(=O)C1(N)CCOCC1. The molecule has 4 N–H and O–H groups in total. The molecule has 2 atom stereocenters. The van der Waals surface area contributed by atoms with Crippen LogP contribution in [-0.2, 0) is 19.1 Å². The summed E-state index contributed by atoms with van der Waals surface area (Å²) in [6.07, 6.45) is 0.881. The van der Waals surface area contributed by atoms with Gasteiger partial charge < -0.3 is 25.6 Å². The van der Waals surface area contributed by atoms with Crippen LogP contribution in [0.4, 0.5) is 0 Å². The molecule has 0 aromatic heterocycles. The highest BCUT2D eigenvalue weighted by Crippen LogP contribution is 2.29. The largest absolute Gasteiger partial charge is 0.481 e. The van der Waals surface area contributed by atoms with Crippen molar-refractivity contribution in [1.29, 1.82) is 0 Å². The first-order valence-electron chi connectivity index (χ1n) is 6.37. The lowest BCUT2D eigenvalue weighted by Crippen LogP contribution is -2.61. The van der Waals surface area contributed by atoms with Crippen LogP contribution >= 0.6 is 0 Å². The molecule has 7 nitrogen and oxygen atoms in total. The van der Waals surface area contributed by atoms with Gasteiger partial charge in [-0.2, -0.15) is 0 Å². The molecular formula is C12H20N2O5. The maximum Gasteiger partial charge on any atom is 0.313 e. The van der Waals surface area contributed by atoms with E-state index in [0.29, 0.717) is 26.1 Å². The summed E-state index contributed by atoms with van der Waals surface area (Å²) in [5, 5.41) is 12.0.